The Morgan fingerprint density at radius 3 is 2.64 bits per heavy atom. The molecule has 0 aromatic heterocycles. The first-order chi connectivity index (χ1) is 6.39. The number of thioether (sulfide) groups is 1. The van der Waals surface area contributed by atoms with Gasteiger partial charge in [0.15, 0.2) is 0 Å². The molecule has 0 amide bonds. The van der Waals surface area contributed by atoms with Crippen molar-refractivity contribution in [2.45, 2.75) is 12.5 Å². The maximum Gasteiger partial charge on any atom is 0.332 e. The van der Waals surface area contributed by atoms with Crippen LogP contribution in [0.4, 0.5) is 0 Å². The highest BCUT2D eigenvalue weighted by molar-refractivity contribution is 7.98. The first kappa shape index (κ1) is 13.5. The number of nitrogens with one attached hydrogen (secondary N) is 1. The van der Waals surface area contributed by atoms with E-state index in [1.807, 2.05) is 6.26 Å². The zero-order valence-electron chi connectivity index (χ0n) is 8.54. The highest BCUT2D eigenvalue weighted by atomic mass is 32.2. The predicted octanol–water partition coefficient (Wildman–Crippen LogP) is 0.331. The summed E-state index contributed by atoms with van der Waals surface area (Å²) < 4.78 is 0. The van der Waals surface area contributed by atoms with E-state index in [9.17, 15) is 9.90 Å². The second-order valence-corrected chi connectivity index (χ2v) is 4.31. The topological polar surface area (TPSA) is 69.6 Å². The Balaban J connectivity index is 3.73. The summed E-state index contributed by atoms with van der Waals surface area (Å²) in [7, 11) is 0. The van der Waals surface area contributed by atoms with Gasteiger partial charge in [0, 0.05) is 24.4 Å². The Labute approximate surface area is 88.4 Å². The van der Waals surface area contributed by atoms with Gasteiger partial charge in [-0.25, -0.2) is 4.79 Å². The van der Waals surface area contributed by atoms with Crippen molar-refractivity contribution in [1.29, 1.82) is 0 Å². The quantitative estimate of drug-likeness (QED) is 0.538. The molecule has 1 unspecified atom stereocenters. The number of aliphatic carboxylic acids is 1. The van der Waals surface area contributed by atoms with Crippen LogP contribution in [0.3, 0.4) is 0 Å². The van der Waals surface area contributed by atoms with E-state index in [0.717, 1.165) is 0 Å². The van der Waals surface area contributed by atoms with Crippen LogP contribution in [0.15, 0.2) is 12.2 Å². The van der Waals surface area contributed by atoms with E-state index in [4.69, 9.17) is 5.11 Å². The highest BCUT2D eigenvalue weighted by Gasteiger charge is 2.19. The van der Waals surface area contributed by atoms with Gasteiger partial charge in [-0.05, 0) is 13.2 Å². The lowest BCUT2D eigenvalue weighted by Gasteiger charge is -2.22. The minimum absolute atomic E-state index is 0.102. The van der Waals surface area contributed by atoms with Crippen molar-refractivity contribution < 1.29 is 15.0 Å². The van der Waals surface area contributed by atoms with Crippen LogP contribution in [0.5, 0.6) is 0 Å². The van der Waals surface area contributed by atoms with E-state index in [2.05, 4.69) is 11.9 Å². The van der Waals surface area contributed by atoms with Crippen molar-refractivity contribution in [2.24, 2.45) is 0 Å². The molecule has 0 heterocycles. The largest absolute Gasteiger partial charge is 0.478 e. The smallest absolute Gasteiger partial charge is 0.332 e. The van der Waals surface area contributed by atoms with E-state index in [-0.39, 0.29) is 12.1 Å². The molecule has 0 aliphatic rings. The molecule has 82 valence electrons. The minimum atomic E-state index is -1.01. The summed E-state index contributed by atoms with van der Waals surface area (Å²) in [6, 6.07) is 0. The summed E-state index contributed by atoms with van der Waals surface area (Å²) >= 11 is 1.54. The predicted molar refractivity (Wildman–Crippen MR) is 58.7 cm³/mol. The van der Waals surface area contributed by atoms with Crippen molar-refractivity contribution >= 4 is 17.7 Å². The fourth-order valence-electron chi connectivity index (χ4n) is 0.920. The Hall–Kier alpha value is -0.520. The van der Waals surface area contributed by atoms with Crippen LogP contribution in [0, 0.1) is 0 Å². The molecular weight excluding hydrogens is 202 g/mol. The van der Waals surface area contributed by atoms with Gasteiger partial charge in [-0.15, -0.1) is 0 Å². The van der Waals surface area contributed by atoms with Crippen molar-refractivity contribution in [2.75, 3.05) is 25.1 Å². The monoisotopic (exact) mass is 219 g/mol. The van der Waals surface area contributed by atoms with Crippen LogP contribution < -0.4 is 5.32 Å². The molecule has 5 heteroatoms. The van der Waals surface area contributed by atoms with Crippen LogP contribution in [-0.4, -0.2) is 46.9 Å². The molecule has 0 rings (SSSR count). The van der Waals surface area contributed by atoms with Crippen molar-refractivity contribution in [1.82, 2.24) is 5.32 Å². The summed E-state index contributed by atoms with van der Waals surface area (Å²) in [5.74, 6) is -0.401. The van der Waals surface area contributed by atoms with Gasteiger partial charge in [0.05, 0.1) is 5.60 Å². The number of aliphatic hydroxyl groups is 1. The van der Waals surface area contributed by atoms with Crippen LogP contribution in [-0.2, 0) is 4.79 Å². The molecule has 3 N–H and O–H groups in total. The normalized spacial score (nSPS) is 14.8. The molecule has 1 atom stereocenters. The molecule has 0 aromatic rings. The number of hydrogen-bond acceptors (Lipinski definition) is 4. The van der Waals surface area contributed by atoms with Gasteiger partial charge in [-0.2, -0.15) is 11.8 Å². The van der Waals surface area contributed by atoms with Crippen LogP contribution >= 0.6 is 11.8 Å². The molecule has 4 nitrogen and oxygen atoms in total. The van der Waals surface area contributed by atoms with Gasteiger partial charge >= 0.3 is 5.97 Å². The maximum absolute atomic E-state index is 10.4. The van der Waals surface area contributed by atoms with Crippen LogP contribution in [0.25, 0.3) is 0 Å². The lowest BCUT2D eigenvalue weighted by atomic mass is 10.1. The summed E-state index contributed by atoms with van der Waals surface area (Å²) in [4.78, 5) is 10.4. The standard InChI is InChI=1S/C9H17NO3S/c1-7(8(11)12)4-10-5-9(2,13)6-14-3/h10,13H,1,4-6H2,2-3H3,(H,11,12). The first-order valence-electron chi connectivity index (χ1n) is 4.22. The van der Waals surface area contributed by atoms with E-state index in [1.165, 1.54) is 0 Å². The third kappa shape index (κ3) is 6.01. The zero-order chi connectivity index (χ0) is 11.2. The summed E-state index contributed by atoms with van der Waals surface area (Å²) in [6.45, 7) is 5.63. The number of hydrogen-bond donors (Lipinski definition) is 3. The molecule has 0 aliphatic heterocycles. The Morgan fingerprint density at radius 2 is 2.21 bits per heavy atom. The third-order valence-corrected chi connectivity index (χ3v) is 2.51. The van der Waals surface area contributed by atoms with Gasteiger partial charge in [0.25, 0.3) is 0 Å². The first-order valence-corrected chi connectivity index (χ1v) is 5.61. The van der Waals surface area contributed by atoms with Gasteiger partial charge in [0.2, 0.25) is 0 Å². The van der Waals surface area contributed by atoms with E-state index < -0.39 is 11.6 Å². The third-order valence-electron chi connectivity index (χ3n) is 1.60. The second kappa shape index (κ2) is 6.06. The zero-order valence-corrected chi connectivity index (χ0v) is 9.36. The van der Waals surface area contributed by atoms with Crippen LogP contribution in [0.1, 0.15) is 6.92 Å². The molecule has 0 radical (unpaired) electrons. The minimum Gasteiger partial charge on any atom is -0.478 e. The second-order valence-electron chi connectivity index (χ2n) is 3.44. The molecule has 0 aromatic carbocycles. The van der Waals surface area contributed by atoms with E-state index in [1.54, 1.807) is 18.7 Å². The SMILES string of the molecule is C=C(CNCC(C)(O)CSC)C(=O)O. The molecule has 0 saturated carbocycles. The number of carboxylic acid groups (broad SMARTS) is 1. The number of carboxylic acids is 1. The summed E-state index contributed by atoms with van der Waals surface area (Å²) in [5.41, 5.74) is -0.706. The lowest BCUT2D eigenvalue weighted by molar-refractivity contribution is -0.132. The van der Waals surface area contributed by atoms with E-state index >= 15 is 0 Å². The molecular formula is C9H17NO3S. The van der Waals surface area contributed by atoms with Crippen molar-refractivity contribution in [3.8, 4) is 0 Å². The Morgan fingerprint density at radius 1 is 1.64 bits per heavy atom. The van der Waals surface area contributed by atoms with Gasteiger partial charge in [-0.3, -0.25) is 0 Å². The molecule has 0 saturated heterocycles. The Bertz CT molecular complexity index is 216. The van der Waals surface area contributed by atoms with Crippen LogP contribution in [0.2, 0.25) is 0 Å². The maximum atomic E-state index is 10.4. The molecule has 0 spiro atoms. The summed E-state index contributed by atoms with van der Waals surface area (Å²) in [6.07, 6.45) is 1.91. The van der Waals surface area contributed by atoms with Gasteiger partial charge in [0.1, 0.15) is 0 Å². The number of carbonyl (C=O) groups is 1. The molecule has 0 fully saturated rings. The van der Waals surface area contributed by atoms with E-state index in [0.29, 0.717) is 12.3 Å². The lowest BCUT2D eigenvalue weighted by Crippen LogP contribution is -2.41. The average molecular weight is 219 g/mol. The highest BCUT2D eigenvalue weighted by Crippen LogP contribution is 2.08. The Kier molecular flexibility index (Phi) is 5.83. The fourth-order valence-corrected chi connectivity index (χ4v) is 1.64. The molecule has 0 aliphatic carbocycles. The fraction of sp³-hybridized carbons (Fsp3) is 0.667. The van der Waals surface area contributed by atoms with Gasteiger partial charge in [-0.1, -0.05) is 6.58 Å². The molecule has 14 heavy (non-hydrogen) atoms. The van der Waals surface area contributed by atoms with Gasteiger partial charge < -0.3 is 15.5 Å². The number of rotatable bonds is 7. The van der Waals surface area contributed by atoms with Crippen molar-refractivity contribution in [3.05, 3.63) is 12.2 Å². The molecule has 0 bridgehead atoms. The van der Waals surface area contributed by atoms with Crippen molar-refractivity contribution in [3.63, 3.8) is 0 Å². The average Bonchev–Trinajstić information content (AvgIpc) is 2.03. The summed E-state index contributed by atoms with van der Waals surface area (Å²) in [5, 5.41) is 21.1.